The van der Waals surface area contributed by atoms with E-state index < -0.39 is 0 Å². The van der Waals surface area contributed by atoms with E-state index in [1.54, 1.807) is 26.0 Å². The standard InChI is InChI=1S/C19H23N5O2/c1-11(2)21-18(22-13(4)20)16-10-24-7-8-26-17-9-14(12(3)25)5-6-15(17)19(24)23-16/h5-6,9-11H,7-8H2,1-4H3,(H2,20,21,22). The Hall–Kier alpha value is -2.96. The first-order valence-corrected chi connectivity index (χ1v) is 8.59. The Labute approximate surface area is 152 Å². The number of hydrogen-bond acceptors (Lipinski definition) is 4. The van der Waals surface area contributed by atoms with Crippen LogP contribution in [0.15, 0.2) is 34.4 Å². The van der Waals surface area contributed by atoms with Gasteiger partial charge in [0.05, 0.1) is 17.9 Å². The van der Waals surface area contributed by atoms with Gasteiger partial charge in [-0.3, -0.25) is 9.79 Å². The minimum atomic E-state index is 0.00351. The second-order valence-electron chi connectivity index (χ2n) is 6.56. The number of carbonyl (C=O) groups is 1. The quantitative estimate of drug-likeness (QED) is 0.521. The Balaban J connectivity index is 2.11. The molecule has 2 N–H and O–H groups in total. The van der Waals surface area contributed by atoms with Crippen molar-refractivity contribution in [2.75, 3.05) is 6.61 Å². The highest BCUT2D eigenvalue weighted by molar-refractivity contribution is 6.05. The van der Waals surface area contributed by atoms with Gasteiger partial charge in [-0.05, 0) is 39.8 Å². The van der Waals surface area contributed by atoms with Crippen LogP contribution in [-0.2, 0) is 6.54 Å². The molecule has 3 rings (SSSR count). The number of nitrogens with two attached hydrogens (primary N) is 1. The van der Waals surface area contributed by atoms with Crippen molar-refractivity contribution >= 4 is 17.5 Å². The van der Waals surface area contributed by atoms with Crippen molar-refractivity contribution < 1.29 is 9.53 Å². The second-order valence-corrected chi connectivity index (χ2v) is 6.56. The van der Waals surface area contributed by atoms with E-state index in [0.717, 1.165) is 11.4 Å². The van der Waals surface area contributed by atoms with Crippen LogP contribution in [0.2, 0.25) is 0 Å². The summed E-state index contributed by atoms with van der Waals surface area (Å²) in [5.74, 6) is 2.38. The average Bonchev–Trinajstić information content (AvgIpc) is 2.90. The number of amidine groups is 2. The van der Waals surface area contributed by atoms with E-state index in [-0.39, 0.29) is 11.8 Å². The third-order valence-electron chi connectivity index (χ3n) is 3.89. The molecule has 7 heteroatoms. The third-order valence-corrected chi connectivity index (χ3v) is 3.89. The van der Waals surface area contributed by atoms with E-state index >= 15 is 0 Å². The molecule has 1 aliphatic rings. The maximum atomic E-state index is 11.6. The van der Waals surface area contributed by atoms with E-state index in [2.05, 4.69) is 9.98 Å². The first-order valence-electron chi connectivity index (χ1n) is 8.59. The number of nitrogens with zero attached hydrogens (tertiary/aromatic N) is 4. The van der Waals surface area contributed by atoms with Crippen LogP contribution in [0.25, 0.3) is 11.4 Å². The summed E-state index contributed by atoms with van der Waals surface area (Å²) in [6.45, 7) is 8.37. The zero-order valence-electron chi connectivity index (χ0n) is 15.5. The van der Waals surface area contributed by atoms with Gasteiger partial charge in [-0.25, -0.2) is 9.98 Å². The lowest BCUT2D eigenvalue weighted by molar-refractivity contribution is 0.101. The van der Waals surface area contributed by atoms with Crippen molar-refractivity contribution in [3.8, 4) is 17.1 Å². The molecular formula is C19H23N5O2. The summed E-state index contributed by atoms with van der Waals surface area (Å²) in [6, 6.07) is 5.51. The van der Waals surface area contributed by atoms with Crippen LogP contribution >= 0.6 is 0 Å². The average molecular weight is 353 g/mol. The van der Waals surface area contributed by atoms with Crippen LogP contribution in [0, 0.1) is 0 Å². The van der Waals surface area contributed by atoms with Crippen molar-refractivity contribution in [3.63, 3.8) is 0 Å². The Morgan fingerprint density at radius 2 is 2.12 bits per heavy atom. The fourth-order valence-electron chi connectivity index (χ4n) is 2.77. The molecule has 0 aliphatic carbocycles. The summed E-state index contributed by atoms with van der Waals surface area (Å²) in [5, 5.41) is 0. The van der Waals surface area contributed by atoms with Crippen molar-refractivity contribution in [1.82, 2.24) is 9.55 Å². The molecule has 1 aromatic carbocycles. The van der Waals surface area contributed by atoms with Gasteiger partial charge in [-0.15, -0.1) is 0 Å². The number of ether oxygens (including phenoxy) is 1. The number of ketones is 1. The number of hydrogen-bond donors (Lipinski definition) is 1. The maximum Gasteiger partial charge on any atom is 0.177 e. The van der Waals surface area contributed by atoms with Crippen LogP contribution < -0.4 is 10.5 Å². The van der Waals surface area contributed by atoms with Gasteiger partial charge in [0.25, 0.3) is 0 Å². The smallest absolute Gasteiger partial charge is 0.177 e. The Kier molecular flexibility index (Phi) is 4.88. The van der Waals surface area contributed by atoms with Crippen molar-refractivity contribution in [2.45, 2.75) is 40.3 Å². The number of carbonyl (C=O) groups excluding carboxylic acids is 1. The molecule has 7 nitrogen and oxygen atoms in total. The number of rotatable bonds is 3. The lowest BCUT2D eigenvalue weighted by Crippen LogP contribution is -2.12. The lowest BCUT2D eigenvalue weighted by Gasteiger charge is -2.07. The molecule has 0 radical (unpaired) electrons. The topological polar surface area (TPSA) is 94.9 Å². The van der Waals surface area contributed by atoms with Crippen LogP contribution in [0.1, 0.15) is 43.7 Å². The van der Waals surface area contributed by atoms with Crippen molar-refractivity contribution in [1.29, 1.82) is 0 Å². The molecule has 1 aromatic heterocycles. The molecule has 0 atom stereocenters. The molecule has 0 spiro atoms. The normalized spacial score (nSPS) is 14.5. The number of imidazole rings is 1. The maximum absolute atomic E-state index is 11.6. The molecule has 1 aliphatic heterocycles. The molecule has 0 bridgehead atoms. The second kappa shape index (κ2) is 7.11. The molecule has 136 valence electrons. The van der Waals surface area contributed by atoms with Gasteiger partial charge >= 0.3 is 0 Å². The molecule has 0 unspecified atom stereocenters. The van der Waals surface area contributed by atoms with E-state index in [9.17, 15) is 4.79 Å². The predicted octanol–water partition coefficient (Wildman–Crippen LogP) is 2.68. The molecule has 0 fully saturated rings. The van der Waals surface area contributed by atoms with Gasteiger partial charge in [0, 0.05) is 17.8 Å². The minimum absolute atomic E-state index is 0.00351. The summed E-state index contributed by atoms with van der Waals surface area (Å²) in [7, 11) is 0. The molecule has 0 amide bonds. The molecule has 0 saturated carbocycles. The Morgan fingerprint density at radius 3 is 2.77 bits per heavy atom. The first kappa shape index (κ1) is 17.8. The largest absolute Gasteiger partial charge is 0.491 e. The van der Waals surface area contributed by atoms with Crippen LogP contribution in [-0.4, -0.2) is 39.7 Å². The Bertz CT molecular complexity index is 905. The molecule has 26 heavy (non-hydrogen) atoms. The first-order chi connectivity index (χ1) is 12.3. The number of fused-ring (bicyclic) bond motifs is 3. The van der Waals surface area contributed by atoms with Crippen LogP contribution in [0.4, 0.5) is 0 Å². The number of aromatic nitrogens is 2. The molecule has 2 aromatic rings. The van der Waals surface area contributed by atoms with E-state index in [4.69, 9.17) is 15.5 Å². The van der Waals surface area contributed by atoms with Gasteiger partial charge in [0.1, 0.15) is 23.9 Å². The molecule has 2 heterocycles. The zero-order chi connectivity index (χ0) is 18.8. The zero-order valence-corrected chi connectivity index (χ0v) is 15.5. The van der Waals surface area contributed by atoms with Crippen molar-refractivity contribution in [2.24, 2.45) is 15.7 Å². The molecule has 0 saturated heterocycles. The summed E-state index contributed by atoms with van der Waals surface area (Å²) in [6.07, 6.45) is 1.92. The summed E-state index contributed by atoms with van der Waals surface area (Å²) in [4.78, 5) is 25.3. The SMILES string of the molecule is CC(=O)c1ccc2c(c1)OCCn1cc(C(N=C(C)N)=NC(C)C)nc1-2. The van der Waals surface area contributed by atoms with E-state index in [1.807, 2.05) is 30.7 Å². The monoisotopic (exact) mass is 353 g/mol. The van der Waals surface area contributed by atoms with Crippen molar-refractivity contribution in [3.05, 3.63) is 35.7 Å². The van der Waals surface area contributed by atoms with E-state index in [1.165, 1.54) is 0 Å². The predicted molar refractivity (Wildman–Crippen MR) is 102 cm³/mol. The highest BCUT2D eigenvalue weighted by Gasteiger charge is 2.21. The fraction of sp³-hybridized carbons (Fsp3) is 0.368. The minimum Gasteiger partial charge on any atom is -0.491 e. The number of Topliss-reactive ketones (excluding diaryl/α,β-unsaturated/α-hetero) is 1. The summed E-state index contributed by atoms with van der Waals surface area (Å²) >= 11 is 0. The number of aliphatic imine (C=N–C) groups is 2. The lowest BCUT2D eigenvalue weighted by atomic mass is 10.1. The van der Waals surface area contributed by atoms with Gasteiger partial charge in [-0.2, -0.15) is 0 Å². The van der Waals surface area contributed by atoms with Gasteiger partial charge in [0.2, 0.25) is 0 Å². The van der Waals surface area contributed by atoms with Crippen LogP contribution in [0.3, 0.4) is 0 Å². The fourth-order valence-corrected chi connectivity index (χ4v) is 2.77. The third kappa shape index (κ3) is 3.66. The van der Waals surface area contributed by atoms with Gasteiger partial charge < -0.3 is 15.0 Å². The van der Waals surface area contributed by atoms with Gasteiger partial charge in [-0.1, -0.05) is 6.07 Å². The highest BCUT2D eigenvalue weighted by atomic mass is 16.5. The number of benzene rings is 1. The summed E-state index contributed by atoms with van der Waals surface area (Å²) < 4.78 is 7.84. The Morgan fingerprint density at radius 1 is 1.35 bits per heavy atom. The van der Waals surface area contributed by atoms with Gasteiger partial charge in [0.15, 0.2) is 11.6 Å². The van der Waals surface area contributed by atoms with Crippen LogP contribution in [0.5, 0.6) is 5.75 Å². The highest BCUT2D eigenvalue weighted by Crippen LogP contribution is 2.33. The van der Waals surface area contributed by atoms with E-state index in [0.29, 0.717) is 41.8 Å². The summed E-state index contributed by atoms with van der Waals surface area (Å²) in [5.41, 5.74) is 7.89. The molecular weight excluding hydrogens is 330 g/mol.